The minimum atomic E-state index is -0.676. The van der Waals surface area contributed by atoms with Crippen LogP contribution in [0.15, 0.2) is 59.7 Å². The van der Waals surface area contributed by atoms with Gasteiger partial charge in [-0.3, -0.25) is 19.0 Å². The van der Waals surface area contributed by atoms with Crippen LogP contribution in [0.4, 0.5) is 11.4 Å². The number of hydrogen-bond acceptors (Lipinski definition) is 4. The fourth-order valence-corrected chi connectivity index (χ4v) is 2.88. The van der Waals surface area contributed by atoms with Gasteiger partial charge in [0.05, 0.1) is 17.2 Å². The van der Waals surface area contributed by atoms with Crippen LogP contribution in [0.2, 0.25) is 0 Å². The molecule has 2 aromatic carbocycles. The first-order valence-electron chi connectivity index (χ1n) is 8.64. The molecule has 0 unspecified atom stereocenters. The van der Waals surface area contributed by atoms with E-state index in [1.807, 2.05) is 13.0 Å². The van der Waals surface area contributed by atoms with Crippen molar-refractivity contribution in [1.82, 2.24) is 9.55 Å². The molecule has 1 aromatic heterocycles. The Bertz CT molecular complexity index is 1040. The number of fused-ring (bicyclic) bond motifs is 1. The lowest BCUT2D eigenvalue weighted by Crippen LogP contribution is -2.33. The van der Waals surface area contributed by atoms with Crippen molar-refractivity contribution in [2.45, 2.75) is 26.3 Å². The molecule has 0 spiro atoms. The van der Waals surface area contributed by atoms with E-state index in [0.717, 1.165) is 0 Å². The zero-order chi connectivity index (χ0) is 19.4. The zero-order valence-electron chi connectivity index (χ0n) is 15.1. The van der Waals surface area contributed by atoms with E-state index in [0.29, 0.717) is 28.7 Å². The van der Waals surface area contributed by atoms with E-state index in [2.05, 4.69) is 15.6 Å². The van der Waals surface area contributed by atoms with E-state index in [9.17, 15) is 14.4 Å². The van der Waals surface area contributed by atoms with Crippen molar-refractivity contribution < 1.29 is 9.59 Å². The van der Waals surface area contributed by atoms with Crippen molar-refractivity contribution in [3.05, 3.63) is 65.2 Å². The Balaban J connectivity index is 1.83. The number of para-hydroxylation sites is 1. The van der Waals surface area contributed by atoms with E-state index in [-0.39, 0.29) is 17.4 Å². The minimum absolute atomic E-state index is 0.166. The molecule has 2 N–H and O–H groups in total. The normalized spacial score (nSPS) is 11.8. The summed E-state index contributed by atoms with van der Waals surface area (Å²) in [5.74, 6) is -0.468. The van der Waals surface area contributed by atoms with Crippen molar-refractivity contribution in [1.29, 1.82) is 0 Å². The molecule has 0 radical (unpaired) electrons. The standard InChI is InChI=1S/C20H20N4O3/c1-3-18(24-12-21-17-7-5-4-6-16(17)20(24)27)19(26)23-15-10-8-14(9-11-15)22-13(2)25/h4-12,18H,3H2,1-2H3,(H,22,25)(H,23,26)/t18-/m0/s1. The molecule has 0 aliphatic heterocycles. The third-order valence-electron chi connectivity index (χ3n) is 4.19. The van der Waals surface area contributed by atoms with Crippen molar-refractivity contribution in [3.8, 4) is 0 Å². The number of hydrogen-bond donors (Lipinski definition) is 2. The smallest absolute Gasteiger partial charge is 0.261 e. The second kappa shape index (κ2) is 7.82. The van der Waals surface area contributed by atoms with Gasteiger partial charge >= 0.3 is 0 Å². The number of nitrogens with one attached hydrogen (secondary N) is 2. The van der Waals surface area contributed by atoms with E-state index >= 15 is 0 Å². The SMILES string of the molecule is CC[C@@H](C(=O)Nc1ccc(NC(C)=O)cc1)n1cnc2ccccc2c1=O. The number of aromatic nitrogens is 2. The third-order valence-corrected chi connectivity index (χ3v) is 4.19. The lowest BCUT2D eigenvalue weighted by Gasteiger charge is -2.18. The average molecular weight is 364 g/mol. The van der Waals surface area contributed by atoms with E-state index in [1.54, 1.807) is 42.5 Å². The van der Waals surface area contributed by atoms with Gasteiger partial charge < -0.3 is 10.6 Å². The summed E-state index contributed by atoms with van der Waals surface area (Å²) in [7, 11) is 0. The minimum Gasteiger partial charge on any atom is -0.326 e. The highest BCUT2D eigenvalue weighted by Gasteiger charge is 2.21. The molecule has 0 saturated heterocycles. The summed E-state index contributed by atoms with van der Waals surface area (Å²) in [4.78, 5) is 40.8. The van der Waals surface area contributed by atoms with Gasteiger partial charge in [0.1, 0.15) is 6.04 Å². The molecule has 7 heteroatoms. The summed E-state index contributed by atoms with van der Waals surface area (Å²) in [5.41, 5.74) is 1.57. The van der Waals surface area contributed by atoms with Crippen molar-refractivity contribution >= 4 is 34.1 Å². The maximum atomic E-state index is 12.7. The first kappa shape index (κ1) is 18.3. The van der Waals surface area contributed by atoms with Crippen LogP contribution in [0, 0.1) is 0 Å². The Kier molecular flexibility index (Phi) is 5.30. The van der Waals surface area contributed by atoms with Gasteiger partial charge in [-0.25, -0.2) is 4.98 Å². The monoisotopic (exact) mass is 364 g/mol. The van der Waals surface area contributed by atoms with E-state index < -0.39 is 6.04 Å². The lowest BCUT2D eigenvalue weighted by atomic mass is 10.1. The lowest BCUT2D eigenvalue weighted by molar-refractivity contribution is -0.119. The molecule has 3 aromatic rings. The Labute approximate surface area is 156 Å². The Morgan fingerprint density at radius 1 is 1.04 bits per heavy atom. The van der Waals surface area contributed by atoms with E-state index in [4.69, 9.17) is 0 Å². The second-order valence-electron chi connectivity index (χ2n) is 6.15. The number of nitrogens with zero attached hydrogens (tertiary/aromatic N) is 2. The molecule has 7 nitrogen and oxygen atoms in total. The molecular weight excluding hydrogens is 344 g/mol. The number of benzene rings is 2. The second-order valence-corrected chi connectivity index (χ2v) is 6.15. The number of rotatable bonds is 5. The molecule has 0 bridgehead atoms. The first-order chi connectivity index (χ1) is 13.0. The van der Waals surface area contributed by atoms with Gasteiger partial charge in [0.25, 0.3) is 5.56 Å². The third kappa shape index (κ3) is 4.03. The van der Waals surface area contributed by atoms with Crippen molar-refractivity contribution in [2.75, 3.05) is 10.6 Å². The summed E-state index contributed by atoms with van der Waals surface area (Å²) in [6.07, 6.45) is 1.86. The number of carbonyl (C=O) groups excluding carboxylic acids is 2. The van der Waals surface area contributed by atoms with Crippen LogP contribution in [0.3, 0.4) is 0 Å². The van der Waals surface area contributed by atoms with Crippen LogP contribution in [0.25, 0.3) is 10.9 Å². The van der Waals surface area contributed by atoms with Gasteiger partial charge in [-0.05, 0) is 42.8 Å². The summed E-state index contributed by atoms with van der Waals surface area (Å²) in [6, 6.07) is 13.1. The van der Waals surface area contributed by atoms with Crippen molar-refractivity contribution in [2.24, 2.45) is 0 Å². The molecule has 2 amide bonds. The van der Waals surface area contributed by atoms with Gasteiger partial charge in [0, 0.05) is 18.3 Å². The fraction of sp³-hybridized carbons (Fsp3) is 0.200. The van der Waals surface area contributed by atoms with Gasteiger partial charge in [-0.2, -0.15) is 0 Å². The van der Waals surface area contributed by atoms with E-state index in [1.165, 1.54) is 17.8 Å². The van der Waals surface area contributed by atoms with Crippen molar-refractivity contribution in [3.63, 3.8) is 0 Å². The van der Waals surface area contributed by atoms with Crippen LogP contribution >= 0.6 is 0 Å². The number of carbonyl (C=O) groups is 2. The quantitative estimate of drug-likeness (QED) is 0.728. The first-order valence-corrected chi connectivity index (χ1v) is 8.64. The molecule has 0 aliphatic rings. The molecule has 3 rings (SSSR count). The molecule has 0 aliphatic carbocycles. The van der Waals surface area contributed by atoms with Crippen LogP contribution in [0.5, 0.6) is 0 Å². The van der Waals surface area contributed by atoms with Crippen LogP contribution in [-0.2, 0) is 9.59 Å². The zero-order valence-corrected chi connectivity index (χ0v) is 15.1. The maximum absolute atomic E-state index is 12.7. The Morgan fingerprint density at radius 3 is 2.30 bits per heavy atom. The maximum Gasteiger partial charge on any atom is 0.261 e. The Morgan fingerprint density at radius 2 is 1.67 bits per heavy atom. The fourth-order valence-electron chi connectivity index (χ4n) is 2.88. The predicted octanol–water partition coefficient (Wildman–Crippen LogP) is 2.94. The Hall–Kier alpha value is -3.48. The van der Waals surface area contributed by atoms with Crippen LogP contribution in [-0.4, -0.2) is 21.4 Å². The highest BCUT2D eigenvalue weighted by Crippen LogP contribution is 2.17. The largest absolute Gasteiger partial charge is 0.326 e. The molecule has 1 atom stereocenters. The molecule has 0 saturated carbocycles. The number of amides is 2. The molecule has 0 fully saturated rings. The molecular formula is C20H20N4O3. The molecule has 138 valence electrons. The van der Waals surface area contributed by atoms with Crippen LogP contribution < -0.4 is 16.2 Å². The van der Waals surface area contributed by atoms with Gasteiger partial charge in [0.15, 0.2) is 0 Å². The van der Waals surface area contributed by atoms with Gasteiger partial charge in [-0.1, -0.05) is 19.1 Å². The highest BCUT2D eigenvalue weighted by molar-refractivity contribution is 5.94. The molecule has 27 heavy (non-hydrogen) atoms. The van der Waals surface area contributed by atoms with Gasteiger partial charge in [0.2, 0.25) is 11.8 Å². The highest BCUT2D eigenvalue weighted by atomic mass is 16.2. The summed E-state index contributed by atoms with van der Waals surface area (Å²) >= 11 is 0. The summed E-state index contributed by atoms with van der Waals surface area (Å²) in [6.45, 7) is 3.27. The van der Waals surface area contributed by atoms with Crippen LogP contribution in [0.1, 0.15) is 26.3 Å². The average Bonchev–Trinajstić information content (AvgIpc) is 2.65. The predicted molar refractivity (Wildman–Crippen MR) is 105 cm³/mol. The summed E-state index contributed by atoms with van der Waals surface area (Å²) in [5, 5.41) is 5.95. The van der Waals surface area contributed by atoms with Gasteiger partial charge in [-0.15, -0.1) is 0 Å². The topological polar surface area (TPSA) is 93.1 Å². The molecule has 1 heterocycles. The summed E-state index contributed by atoms with van der Waals surface area (Å²) < 4.78 is 1.36. The number of anilines is 2.